The van der Waals surface area contributed by atoms with Gasteiger partial charge in [-0.3, -0.25) is 14.5 Å². The smallest absolute Gasteiger partial charge is 0.257 e. The molecule has 3 rings (SSSR count). The van der Waals surface area contributed by atoms with Gasteiger partial charge in [-0.2, -0.15) is 0 Å². The van der Waals surface area contributed by atoms with E-state index in [9.17, 15) is 9.59 Å². The molecule has 0 spiro atoms. The summed E-state index contributed by atoms with van der Waals surface area (Å²) < 4.78 is 10.3. The zero-order chi connectivity index (χ0) is 16.9. The Morgan fingerprint density at radius 3 is 2.75 bits per heavy atom. The first-order chi connectivity index (χ1) is 11.6. The van der Waals surface area contributed by atoms with Gasteiger partial charge in [-0.25, -0.2) is 0 Å². The van der Waals surface area contributed by atoms with Crippen molar-refractivity contribution >= 4 is 11.8 Å². The number of ether oxygens (including phenoxy) is 1. The van der Waals surface area contributed by atoms with E-state index < -0.39 is 0 Å². The Morgan fingerprint density at radius 2 is 2.08 bits per heavy atom. The minimum absolute atomic E-state index is 0.0251. The van der Waals surface area contributed by atoms with Crippen molar-refractivity contribution in [2.75, 3.05) is 52.5 Å². The Labute approximate surface area is 142 Å². The summed E-state index contributed by atoms with van der Waals surface area (Å²) in [5.74, 6) is 0.0498. The number of amides is 2. The lowest BCUT2D eigenvalue weighted by Crippen LogP contribution is -2.47. The molecule has 0 aliphatic carbocycles. The standard InChI is InChI=1S/C17H25N3O4/c1-14(21)20(6-5-18-7-10-23-11-8-18)16-2-4-19(12-16)17(22)15-3-9-24-13-15/h3,9,13,16H,2,4-8,10-12H2,1H3. The molecule has 2 aliphatic rings. The first kappa shape index (κ1) is 17.0. The van der Waals surface area contributed by atoms with E-state index in [1.54, 1.807) is 17.9 Å². The topological polar surface area (TPSA) is 66.2 Å². The first-order valence-corrected chi connectivity index (χ1v) is 8.54. The predicted molar refractivity (Wildman–Crippen MR) is 87.7 cm³/mol. The maximum atomic E-state index is 12.4. The van der Waals surface area contributed by atoms with Crippen molar-refractivity contribution < 1.29 is 18.7 Å². The van der Waals surface area contributed by atoms with Crippen molar-refractivity contribution in [3.05, 3.63) is 24.2 Å². The highest BCUT2D eigenvalue weighted by Crippen LogP contribution is 2.19. The Balaban J connectivity index is 1.54. The first-order valence-electron chi connectivity index (χ1n) is 8.54. The number of likely N-dealkylation sites (tertiary alicyclic amines) is 1. The number of nitrogens with zero attached hydrogens (tertiary/aromatic N) is 3. The quantitative estimate of drug-likeness (QED) is 0.791. The molecule has 1 aromatic rings. The average Bonchev–Trinajstić information content (AvgIpc) is 3.27. The molecule has 1 aromatic heterocycles. The zero-order valence-electron chi connectivity index (χ0n) is 14.1. The number of morpholine rings is 1. The van der Waals surface area contributed by atoms with Gasteiger partial charge < -0.3 is 19.0 Å². The molecule has 3 heterocycles. The number of hydrogen-bond donors (Lipinski definition) is 0. The Bertz CT molecular complexity index is 554. The largest absolute Gasteiger partial charge is 0.472 e. The third kappa shape index (κ3) is 3.96. The molecule has 7 heteroatoms. The Kier molecular flexibility index (Phi) is 5.52. The lowest BCUT2D eigenvalue weighted by Gasteiger charge is -2.32. The fourth-order valence-corrected chi connectivity index (χ4v) is 3.42. The molecule has 2 saturated heterocycles. The number of carbonyl (C=O) groups is 2. The molecule has 0 N–H and O–H groups in total. The van der Waals surface area contributed by atoms with E-state index in [0.717, 1.165) is 39.3 Å². The van der Waals surface area contributed by atoms with Gasteiger partial charge >= 0.3 is 0 Å². The number of furan rings is 1. The van der Waals surface area contributed by atoms with Crippen LogP contribution >= 0.6 is 0 Å². The summed E-state index contributed by atoms with van der Waals surface area (Å²) in [4.78, 5) is 30.5. The predicted octanol–water partition coefficient (Wildman–Crippen LogP) is 0.675. The van der Waals surface area contributed by atoms with E-state index >= 15 is 0 Å². The van der Waals surface area contributed by atoms with Gasteiger partial charge in [-0.15, -0.1) is 0 Å². The van der Waals surface area contributed by atoms with Crippen LogP contribution < -0.4 is 0 Å². The molecular formula is C17H25N3O4. The third-order valence-corrected chi connectivity index (χ3v) is 4.82. The molecule has 1 atom stereocenters. The highest BCUT2D eigenvalue weighted by atomic mass is 16.5. The van der Waals surface area contributed by atoms with E-state index in [1.165, 1.54) is 12.5 Å². The van der Waals surface area contributed by atoms with Crippen LogP contribution in [0.3, 0.4) is 0 Å². The molecule has 0 aromatic carbocycles. The van der Waals surface area contributed by atoms with Crippen molar-refractivity contribution in [1.82, 2.24) is 14.7 Å². The van der Waals surface area contributed by atoms with Gasteiger partial charge in [0.05, 0.1) is 31.1 Å². The SMILES string of the molecule is CC(=O)N(CCN1CCOCC1)C1CCN(C(=O)c2ccoc2)C1. The highest BCUT2D eigenvalue weighted by Gasteiger charge is 2.32. The number of rotatable bonds is 5. The maximum absolute atomic E-state index is 12.4. The maximum Gasteiger partial charge on any atom is 0.257 e. The van der Waals surface area contributed by atoms with Crippen LogP contribution in [-0.4, -0.2) is 85.0 Å². The zero-order valence-corrected chi connectivity index (χ0v) is 14.1. The molecule has 7 nitrogen and oxygen atoms in total. The van der Waals surface area contributed by atoms with Gasteiger partial charge in [0.25, 0.3) is 5.91 Å². The molecular weight excluding hydrogens is 310 g/mol. The van der Waals surface area contributed by atoms with Gasteiger partial charge in [-0.1, -0.05) is 0 Å². The van der Waals surface area contributed by atoms with Crippen LogP contribution in [-0.2, 0) is 9.53 Å². The fraction of sp³-hybridized carbons (Fsp3) is 0.647. The number of hydrogen-bond acceptors (Lipinski definition) is 5. The molecule has 24 heavy (non-hydrogen) atoms. The average molecular weight is 335 g/mol. The fourth-order valence-electron chi connectivity index (χ4n) is 3.42. The van der Waals surface area contributed by atoms with Crippen molar-refractivity contribution in [3.63, 3.8) is 0 Å². The Morgan fingerprint density at radius 1 is 1.29 bits per heavy atom. The van der Waals surface area contributed by atoms with Crippen molar-refractivity contribution in [2.45, 2.75) is 19.4 Å². The van der Waals surface area contributed by atoms with E-state index in [2.05, 4.69) is 4.90 Å². The summed E-state index contributed by atoms with van der Waals surface area (Å²) in [5.41, 5.74) is 0.568. The summed E-state index contributed by atoms with van der Waals surface area (Å²) in [6.45, 7) is 7.79. The van der Waals surface area contributed by atoms with Crippen LogP contribution in [0.25, 0.3) is 0 Å². The lowest BCUT2D eigenvalue weighted by molar-refractivity contribution is -0.131. The van der Waals surface area contributed by atoms with Crippen LogP contribution in [0.1, 0.15) is 23.7 Å². The van der Waals surface area contributed by atoms with Crippen LogP contribution in [0.2, 0.25) is 0 Å². The summed E-state index contributed by atoms with van der Waals surface area (Å²) in [6, 6.07) is 1.77. The van der Waals surface area contributed by atoms with Gasteiger partial charge in [0.15, 0.2) is 0 Å². The normalized spacial score (nSPS) is 21.9. The van der Waals surface area contributed by atoms with Gasteiger partial charge in [-0.05, 0) is 12.5 Å². The van der Waals surface area contributed by atoms with E-state index in [-0.39, 0.29) is 17.9 Å². The molecule has 1 unspecified atom stereocenters. The van der Waals surface area contributed by atoms with Crippen LogP contribution in [0.4, 0.5) is 0 Å². The lowest BCUT2D eigenvalue weighted by atomic mass is 10.2. The van der Waals surface area contributed by atoms with Crippen LogP contribution in [0.15, 0.2) is 23.0 Å². The summed E-state index contributed by atoms with van der Waals surface area (Å²) >= 11 is 0. The van der Waals surface area contributed by atoms with Crippen LogP contribution in [0, 0.1) is 0 Å². The van der Waals surface area contributed by atoms with Gasteiger partial charge in [0.1, 0.15) is 6.26 Å². The Hall–Kier alpha value is -1.86. The molecule has 0 radical (unpaired) electrons. The second-order valence-electron chi connectivity index (χ2n) is 6.37. The van der Waals surface area contributed by atoms with E-state index in [4.69, 9.17) is 9.15 Å². The molecule has 2 amide bonds. The molecule has 0 bridgehead atoms. The van der Waals surface area contributed by atoms with Gasteiger partial charge in [0.2, 0.25) is 5.91 Å². The summed E-state index contributed by atoms with van der Waals surface area (Å²) in [6.07, 6.45) is 3.80. The van der Waals surface area contributed by atoms with Crippen molar-refractivity contribution in [1.29, 1.82) is 0 Å². The van der Waals surface area contributed by atoms with Gasteiger partial charge in [0, 0.05) is 46.2 Å². The second kappa shape index (κ2) is 7.81. The van der Waals surface area contributed by atoms with E-state index in [1.807, 2.05) is 4.90 Å². The summed E-state index contributed by atoms with van der Waals surface area (Å²) in [5, 5.41) is 0. The highest BCUT2D eigenvalue weighted by molar-refractivity contribution is 5.94. The minimum Gasteiger partial charge on any atom is -0.472 e. The van der Waals surface area contributed by atoms with Crippen LogP contribution in [0.5, 0.6) is 0 Å². The number of carbonyl (C=O) groups excluding carboxylic acids is 2. The third-order valence-electron chi connectivity index (χ3n) is 4.82. The van der Waals surface area contributed by atoms with E-state index in [0.29, 0.717) is 25.2 Å². The minimum atomic E-state index is -0.0251. The molecule has 2 aliphatic heterocycles. The summed E-state index contributed by atoms with van der Waals surface area (Å²) in [7, 11) is 0. The molecule has 132 valence electrons. The monoisotopic (exact) mass is 335 g/mol. The molecule has 0 saturated carbocycles. The van der Waals surface area contributed by atoms with Crippen molar-refractivity contribution in [2.24, 2.45) is 0 Å². The van der Waals surface area contributed by atoms with Crippen molar-refractivity contribution in [3.8, 4) is 0 Å². The second-order valence-corrected chi connectivity index (χ2v) is 6.37. The molecule has 2 fully saturated rings.